The number of nitrogens with zero attached hydrogens (tertiary/aromatic N) is 2. The summed E-state index contributed by atoms with van der Waals surface area (Å²) in [5, 5.41) is 7.44. The summed E-state index contributed by atoms with van der Waals surface area (Å²) < 4.78 is 7.29. The van der Waals surface area contributed by atoms with Crippen molar-refractivity contribution >= 4 is 23.2 Å². The zero-order chi connectivity index (χ0) is 16.1. The van der Waals surface area contributed by atoms with Crippen LogP contribution in [0, 0.1) is 6.92 Å². The molecule has 1 aromatic carbocycles. The smallest absolute Gasteiger partial charge is 0.260 e. The maximum atomic E-state index is 12.5. The summed E-state index contributed by atoms with van der Waals surface area (Å²) in [4.78, 5) is 12.5. The molecule has 1 aromatic heterocycles. The van der Waals surface area contributed by atoms with Gasteiger partial charge in [0.25, 0.3) is 5.91 Å². The van der Waals surface area contributed by atoms with Crippen LogP contribution in [0.15, 0.2) is 18.2 Å². The van der Waals surface area contributed by atoms with Crippen molar-refractivity contribution in [3.05, 3.63) is 45.7 Å². The van der Waals surface area contributed by atoms with Gasteiger partial charge in [-0.1, -0.05) is 23.7 Å². The first-order valence-electron chi connectivity index (χ1n) is 7.08. The van der Waals surface area contributed by atoms with Gasteiger partial charge >= 0.3 is 0 Å². The molecule has 6 heteroatoms. The van der Waals surface area contributed by atoms with E-state index in [1.807, 2.05) is 32.0 Å². The molecule has 0 radical (unpaired) electrons. The number of aromatic nitrogens is 2. The van der Waals surface area contributed by atoms with Crippen LogP contribution in [-0.4, -0.2) is 15.7 Å². The number of hydrogen-bond donors (Lipinski definition) is 1. The average Bonchev–Trinajstić information content (AvgIpc) is 2.88. The summed E-state index contributed by atoms with van der Waals surface area (Å²) in [7, 11) is 1.71. The molecule has 116 valence electrons. The second-order valence-corrected chi connectivity index (χ2v) is 6.32. The number of aryl methyl sites for hydroxylation is 2. The minimum Gasteiger partial charge on any atom is -0.366 e. The summed E-state index contributed by atoms with van der Waals surface area (Å²) in [6.45, 7) is 6.29. The number of anilines is 1. The van der Waals surface area contributed by atoms with Gasteiger partial charge in [-0.05, 0) is 32.4 Å². The Morgan fingerprint density at radius 1 is 1.45 bits per heavy atom. The van der Waals surface area contributed by atoms with Gasteiger partial charge in [0.15, 0.2) is 0 Å². The molecule has 0 fully saturated rings. The first kappa shape index (κ1) is 15.1. The van der Waals surface area contributed by atoms with Crippen molar-refractivity contribution in [1.29, 1.82) is 0 Å². The molecule has 1 N–H and O–H groups in total. The second-order valence-electron chi connectivity index (χ2n) is 5.96. The van der Waals surface area contributed by atoms with E-state index in [4.69, 9.17) is 16.3 Å². The van der Waals surface area contributed by atoms with E-state index in [1.54, 1.807) is 14.0 Å². The van der Waals surface area contributed by atoms with Gasteiger partial charge in [0, 0.05) is 18.3 Å². The lowest BCUT2D eigenvalue weighted by molar-refractivity contribution is -0.00780. The fourth-order valence-corrected chi connectivity index (χ4v) is 3.09. The van der Waals surface area contributed by atoms with Crippen molar-refractivity contribution in [1.82, 2.24) is 9.78 Å². The quantitative estimate of drug-likeness (QED) is 0.923. The lowest BCUT2D eigenvalue weighted by Gasteiger charge is -2.18. The van der Waals surface area contributed by atoms with E-state index >= 15 is 0 Å². The van der Waals surface area contributed by atoms with Crippen molar-refractivity contribution in [2.75, 3.05) is 5.32 Å². The van der Waals surface area contributed by atoms with Gasteiger partial charge in [0.1, 0.15) is 5.15 Å². The highest BCUT2D eigenvalue weighted by atomic mass is 35.5. The minimum atomic E-state index is -0.335. The molecule has 0 unspecified atom stereocenters. The summed E-state index contributed by atoms with van der Waals surface area (Å²) in [5.41, 5.74) is 3.54. The zero-order valence-corrected chi connectivity index (χ0v) is 13.8. The number of nitrogens with one attached hydrogen (secondary N) is 1. The van der Waals surface area contributed by atoms with Gasteiger partial charge in [0.2, 0.25) is 0 Å². The van der Waals surface area contributed by atoms with E-state index in [1.165, 1.54) is 4.68 Å². The van der Waals surface area contributed by atoms with E-state index in [-0.39, 0.29) is 11.5 Å². The van der Waals surface area contributed by atoms with Crippen molar-refractivity contribution in [2.45, 2.75) is 33.0 Å². The highest BCUT2D eigenvalue weighted by molar-refractivity contribution is 6.33. The Hall–Kier alpha value is -1.85. The topological polar surface area (TPSA) is 56.2 Å². The Morgan fingerprint density at radius 3 is 2.82 bits per heavy atom. The molecule has 0 atom stereocenters. The van der Waals surface area contributed by atoms with Crippen molar-refractivity contribution in [3.8, 4) is 0 Å². The lowest BCUT2D eigenvalue weighted by Crippen LogP contribution is -2.16. The van der Waals surface area contributed by atoms with Gasteiger partial charge in [-0.2, -0.15) is 5.10 Å². The molecule has 3 rings (SSSR count). The predicted molar refractivity (Wildman–Crippen MR) is 85.2 cm³/mol. The molecule has 22 heavy (non-hydrogen) atoms. The van der Waals surface area contributed by atoms with Crippen LogP contribution < -0.4 is 5.32 Å². The van der Waals surface area contributed by atoms with E-state index in [9.17, 15) is 4.79 Å². The molecule has 0 saturated heterocycles. The summed E-state index contributed by atoms with van der Waals surface area (Å²) in [6, 6.07) is 5.82. The number of ether oxygens (including phenoxy) is 1. The van der Waals surface area contributed by atoms with Crippen LogP contribution >= 0.6 is 11.6 Å². The third kappa shape index (κ3) is 2.30. The van der Waals surface area contributed by atoms with E-state index in [2.05, 4.69) is 10.4 Å². The number of benzene rings is 1. The maximum absolute atomic E-state index is 12.5. The third-order valence-corrected chi connectivity index (χ3v) is 4.46. The van der Waals surface area contributed by atoms with E-state index in [0.717, 1.165) is 16.8 Å². The fourth-order valence-electron chi connectivity index (χ4n) is 2.83. The van der Waals surface area contributed by atoms with Gasteiger partial charge in [-0.15, -0.1) is 0 Å². The van der Waals surface area contributed by atoms with Gasteiger partial charge < -0.3 is 10.1 Å². The van der Waals surface area contributed by atoms with Crippen molar-refractivity contribution in [3.63, 3.8) is 0 Å². The predicted octanol–water partition coefficient (Wildman–Crippen LogP) is 3.40. The van der Waals surface area contributed by atoms with Crippen LogP contribution in [-0.2, 0) is 24.0 Å². The third-order valence-electron chi connectivity index (χ3n) is 4.03. The molecule has 1 aliphatic rings. The van der Waals surface area contributed by atoms with Gasteiger partial charge in [-0.25, -0.2) is 0 Å². The molecule has 0 saturated carbocycles. The van der Waals surface area contributed by atoms with Crippen molar-refractivity contribution in [2.24, 2.45) is 7.05 Å². The molecule has 0 aliphatic carbocycles. The Kier molecular flexibility index (Phi) is 3.50. The summed E-state index contributed by atoms with van der Waals surface area (Å²) >= 11 is 6.15. The zero-order valence-electron chi connectivity index (χ0n) is 13.0. The Labute approximate surface area is 134 Å². The number of fused-ring (bicyclic) bond motifs is 1. The number of amides is 1. The van der Waals surface area contributed by atoms with E-state index < -0.39 is 0 Å². The standard InChI is InChI=1S/C16H18ClN3O2/c1-9-13(14(17)20(4)19-9)15(21)18-12-7-5-6-11-10(12)8-22-16(11,2)3/h5-7H,8H2,1-4H3,(H,18,21). The Balaban J connectivity index is 1.95. The van der Waals surface area contributed by atoms with Crippen LogP contribution in [0.25, 0.3) is 0 Å². The molecular formula is C16H18ClN3O2. The second kappa shape index (κ2) is 5.11. The normalized spacial score (nSPS) is 15.7. The minimum absolute atomic E-state index is 0.256. The molecule has 0 spiro atoms. The number of carbonyl (C=O) groups is 1. The fraction of sp³-hybridized carbons (Fsp3) is 0.375. The SMILES string of the molecule is Cc1nn(C)c(Cl)c1C(=O)Nc1cccc2c1COC2(C)C. The molecule has 1 amide bonds. The lowest BCUT2D eigenvalue weighted by atomic mass is 9.95. The number of halogens is 1. The number of hydrogen-bond acceptors (Lipinski definition) is 3. The van der Waals surface area contributed by atoms with Crippen LogP contribution in [0.5, 0.6) is 0 Å². The maximum Gasteiger partial charge on any atom is 0.260 e. The highest BCUT2D eigenvalue weighted by Gasteiger charge is 2.32. The van der Waals surface area contributed by atoms with Gasteiger partial charge in [0.05, 0.1) is 23.5 Å². The van der Waals surface area contributed by atoms with E-state index in [0.29, 0.717) is 23.0 Å². The van der Waals surface area contributed by atoms with Crippen LogP contribution in [0.3, 0.4) is 0 Å². The number of carbonyl (C=O) groups excluding carboxylic acids is 1. The molecule has 5 nitrogen and oxygen atoms in total. The Morgan fingerprint density at radius 2 is 2.18 bits per heavy atom. The van der Waals surface area contributed by atoms with Gasteiger partial charge in [-0.3, -0.25) is 9.48 Å². The van der Waals surface area contributed by atoms with Crippen molar-refractivity contribution < 1.29 is 9.53 Å². The van der Waals surface area contributed by atoms with Crippen LogP contribution in [0.2, 0.25) is 5.15 Å². The Bertz CT molecular complexity index is 765. The molecule has 2 aromatic rings. The van der Waals surface area contributed by atoms with Crippen LogP contribution in [0.1, 0.15) is 41.0 Å². The van der Waals surface area contributed by atoms with Crippen LogP contribution in [0.4, 0.5) is 5.69 Å². The molecule has 2 heterocycles. The largest absolute Gasteiger partial charge is 0.366 e. The monoisotopic (exact) mass is 319 g/mol. The first-order chi connectivity index (χ1) is 10.3. The highest BCUT2D eigenvalue weighted by Crippen LogP contribution is 2.39. The molecule has 0 bridgehead atoms. The molecule has 1 aliphatic heterocycles. The first-order valence-corrected chi connectivity index (χ1v) is 7.46. The number of rotatable bonds is 2. The molecular weight excluding hydrogens is 302 g/mol. The average molecular weight is 320 g/mol. The summed E-state index contributed by atoms with van der Waals surface area (Å²) in [5.74, 6) is -0.256. The summed E-state index contributed by atoms with van der Waals surface area (Å²) in [6.07, 6.45) is 0.